The molecule has 0 bridgehead atoms. The van der Waals surface area contributed by atoms with Crippen molar-refractivity contribution in [3.63, 3.8) is 0 Å². The van der Waals surface area contributed by atoms with Crippen molar-refractivity contribution in [1.29, 1.82) is 0 Å². The van der Waals surface area contributed by atoms with Gasteiger partial charge in [0.1, 0.15) is 5.75 Å². The molecule has 4 heteroatoms. The lowest BCUT2D eigenvalue weighted by Crippen LogP contribution is -2.35. The predicted octanol–water partition coefficient (Wildman–Crippen LogP) is 3.35. The molecule has 0 fully saturated rings. The number of hydrogen-bond donors (Lipinski definition) is 0. The summed E-state index contributed by atoms with van der Waals surface area (Å²) in [6.45, 7) is 0.752. The van der Waals surface area contributed by atoms with Crippen LogP contribution in [0.4, 0.5) is 5.69 Å². The van der Waals surface area contributed by atoms with Crippen LogP contribution in [0.5, 0.6) is 5.75 Å². The molecule has 19 heavy (non-hydrogen) atoms. The van der Waals surface area contributed by atoms with Gasteiger partial charge >= 0.3 is 0 Å². The van der Waals surface area contributed by atoms with Crippen LogP contribution in [0.3, 0.4) is 0 Å². The van der Waals surface area contributed by atoms with Gasteiger partial charge in [0, 0.05) is 11.9 Å². The van der Waals surface area contributed by atoms with Crippen LogP contribution in [0.2, 0.25) is 0 Å². The first-order valence-corrected chi connectivity index (χ1v) is 7.25. The fraction of sp³-hybridized carbons (Fsp3) is 0.267. The molecule has 0 N–H and O–H groups in total. The number of fused-ring (bicyclic) bond motifs is 1. The summed E-state index contributed by atoms with van der Waals surface area (Å²) < 4.78 is 5.42. The second kappa shape index (κ2) is 5.05. The number of nitrogens with zero attached hydrogens (tertiary/aromatic N) is 1. The number of methoxy groups -OCH3 is 1. The third kappa shape index (κ3) is 2.12. The molecule has 3 rings (SSSR count). The Hall–Kier alpha value is -1.81. The van der Waals surface area contributed by atoms with Gasteiger partial charge in [-0.2, -0.15) is 11.3 Å². The topological polar surface area (TPSA) is 29.5 Å². The van der Waals surface area contributed by atoms with Crippen LogP contribution >= 0.6 is 11.3 Å². The molecular weight excluding hydrogens is 258 g/mol. The number of ether oxygens (including phenoxy) is 1. The van der Waals surface area contributed by atoms with Crippen molar-refractivity contribution in [2.45, 2.75) is 12.8 Å². The van der Waals surface area contributed by atoms with E-state index >= 15 is 0 Å². The number of amides is 1. The van der Waals surface area contributed by atoms with Gasteiger partial charge in [-0.15, -0.1) is 0 Å². The molecule has 3 nitrogen and oxygen atoms in total. The molecule has 0 unspecified atom stereocenters. The lowest BCUT2D eigenvalue weighted by Gasteiger charge is -2.30. The Morgan fingerprint density at radius 1 is 1.37 bits per heavy atom. The molecule has 0 aliphatic carbocycles. The first-order chi connectivity index (χ1) is 9.31. The standard InChI is InChI=1S/C15H15NO2S/c1-18-13-6-2-4-11-5-3-8-16(14(11)13)15(17)12-7-9-19-10-12/h2,4,6-7,9-10H,3,5,8H2,1H3. The molecule has 1 amide bonds. The van der Waals surface area contributed by atoms with E-state index < -0.39 is 0 Å². The summed E-state index contributed by atoms with van der Waals surface area (Å²) in [5.41, 5.74) is 2.88. The third-order valence-corrected chi connectivity index (χ3v) is 4.10. The van der Waals surface area contributed by atoms with Gasteiger partial charge in [-0.25, -0.2) is 0 Å². The van der Waals surface area contributed by atoms with Crippen LogP contribution in [-0.2, 0) is 6.42 Å². The number of benzene rings is 1. The minimum absolute atomic E-state index is 0.0618. The number of thiophene rings is 1. The first kappa shape index (κ1) is 12.2. The Balaban J connectivity index is 2.05. The van der Waals surface area contributed by atoms with E-state index in [1.807, 2.05) is 33.9 Å². The number of carbonyl (C=O) groups is 1. The molecule has 2 heterocycles. The smallest absolute Gasteiger partial charge is 0.259 e. The van der Waals surface area contributed by atoms with Crippen molar-refractivity contribution in [1.82, 2.24) is 0 Å². The summed E-state index contributed by atoms with van der Waals surface area (Å²) >= 11 is 1.54. The van der Waals surface area contributed by atoms with Gasteiger partial charge in [0.15, 0.2) is 0 Å². The van der Waals surface area contributed by atoms with Gasteiger partial charge in [-0.1, -0.05) is 12.1 Å². The first-order valence-electron chi connectivity index (χ1n) is 6.31. The zero-order chi connectivity index (χ0) is 13.2. The molecular formula is C15H15NO2S. The fourth-order valence-electron chi connectivity index (χ4n) is 2.53. The summed E-state index contributed by atoms with van der Waals surface area (Å²) in [5.74, 6) is 0.840. The normalized spacial score (nSPS) is 14.1. The zero-order valence-corrected chi connectivity index (χ0v) is 11.6. The van der Waals surface area contributed by atoms with Crippen molar-refractivity contribution in [3.8, 4) is 5.75 Å². The maximum absolute atomic E-state index is 12.6. The van der Waals surface area contributed by atoms with Crippen LogP contribution in [-0.4, -0.2) is 19.6 Å². The molecule has 0 saturated heterocycles. The summed E-state index contributed by atoms with van der Waals surface area (Å²) in [4.78, 5) is 14.4. The van der Waals surface area contributed by atoms with E-state index in [1.165, 1.54) is 5.56 Å². The predicted molar refractivity (Wildman–Crippen MR) is 77.3 cm³/mol. The summed E-state index contributed by atoms with van der Waals surface area (Å²) in [5, 5.41) is 3.83. The van der Waals surface area contributed by atoms with Crippen LogP contribution < -0.4 is 9.64 Å². The van der Waals surface area contributed by atoms with Crippen LogP contribution in [0.1, 0.15) is 22.3 Å². The molecule has 1 aliphatic heterocycles. The highest BCUT2D eigenvalue weighted by Crippen LogP contribution is 2.36. The second-order valence-corrected chi connectivity index (χ2v) is 5.32. The maximum atomic E-state index is 12.6. The van der Waals surface area contributed by atoms with E-state index in [0.29, 0.717) is 0 Å². The van der Waals surface area contributed by atoms with E-state index in [0.717, 1.165) is 36.4 Å². The Morgan fingerprint density at radius 3 is 3.00 bits per heavy atom. The minimum atomic E-state index is 0.0618. The zero-order valence-electron chi connectivity index (χ0n) is 10.8. The number of rotatable bonds is 2. The molecule has 1 aliphatic rings. The van der Waals surface area contributed by atoms with Crippen LogP contribution in [0.15, 0.2) is 35.0 Å². The van der Waals surface area contributed by atoms with Crippen molar-refractivity contribution < 1.29 is 9.53 Å². The number of anilines is 1. The van der Waals surface area contributed by atoms with Crippen molar-refractivity contribution >= 4 is 22.9 Å². The average molecular weight is 273 g/mol. The molecule has 0 saturated carbocycles. The second-order valence-electron chi connectivity index (χ2n) is 4.54. The highest BCUT2D eigenvalue weighted by atomic mass is 32.1. The highest BCUT2D eigenvalue weighted by Gasteiger charge is 2.26. The minimum Gasteiger partial charge on any atom is -0.495 e. The Kier molecular flexibility index (Phi) is 3.25. The molecule has 0 spiro atoms. The average Bonchev–Trinajstić information content (AvgIpc) is 2.99. The Bertz CT molecular complexity index is 578. The van der Waals surface area contributed by atoms with Gasteiger partial charge in [0.05, 0.1) is 18.4 Å². The van der Waals surface area contributed by atoms with Crippen molar-refractivity contribution in [2.24, 2.45) is 0 Å². The van der Waals surface area contributed by atoms with Crippen LogP contribution in [0.25, 0.3) is 0 Å². The van der Waals surface area contributed by atoms with E-state index in [4.69, 9.17) is 4.74 Å². The number of para-hydroxylation sites is 1. The third-order valence-electron chi connectivity index (χ3n) is 3.41. The molecule has 98 valence electrons. The van der Waals surface area contributed by atoms with E-state index in [-0.39, 0.29) is 5.91 Å². The monoisotopic (exact) mass is 273 g/mol. The van der Waals surface area contributed by atoms with Gasteiger partial charge in [-0.3, -0.25) is 4.79 Å². The largest absolute Gasteiger partial charge is 0.495 e. The fourth-order valence-corrected chi connectivity index (χ4v) is 3.15. The SMILES string of the molecule is COc1cccc2c1N(C(=O)c1ccsc1)CCC2. The maximum Gasteiger partial charge on any atom is 0.259 e. The van der Waals surface area contributed by atoms with E-state index in [9.17, 15) is 4.79 Å². The molecule has 0 atom stereocenters. The van der Waals surface area contributed by atoms with E-state index in [2.05, 4.69) is 6.07 Å². The van der Waals surface area contributed by atoms with Crippen LogP contribution in [0, 0.1) is 0 Å². The number of hydrogen-bond acceptors (Lipinski definition) is 3. The highest BCUT2D eigenvalue weighted by molar-refractivity contribution is 7.08. The summed E-state index contributed by atoms with van der Waals surface area (Å²) in [6, 6.07) is 7.84. The van der Waals surface area contributed by atoms with E-state index in [1.54, 1.807) is 18.4 Å². The summed E-state index contributed by atoms with van der Waals surface area (Å²) in [7, 11) is 1.65. The Morgan fingerprint density at radius 2 is 2.26 bits per heavy atom. The molecule has 1 aromatic carbocycles. The molecule has 0 radical (unpaired) electrons. The van der Waals surface area contributed by atoms with Gasteiger partial charge < -0.3 is 9.64 Å². The molecule has 1 aromatic heterocycles. The Labute approximate surface area is 116 Å². The number of aryl methyl sites for hydroxylation is 1. The quantitative estimate of drug-likeness (QED) is 0.839. The lowest BCUT2D eigenvalue weighted by molar-refractivity contribution is 0.0985. The lowest BCUT2D eigenvalue weighted by atomic mass is 10.0. The van der Waals surface area contributed by atoms with Gasteiger partial charge in [-0.05, 0) is 35.9 Å². The van der Waals surface area contributed by atoms with Crippen molar-refractivity contribution in [3.05, 3.63) is 46.2 Å². The molecule has 2 aromatic rings. The van der Waals surface area contributed by atoms with Crippen molar-refractivity contribution in [2.75, 3.05) is 18.6 Å². The summed E-state index contributed by atoms with van der Waals surface area (Å²) in [6.07, 6.45) is 2.00. The number of carbonyl (C=O) groups excluding carboxylic acids is 1. The van der Waals surface area contributed by atoms with Gasteiger partial charge in [0.2, 0.25) is 0 Å². The van der Waals surface area contributed by atoms with Gasteiger partial charge in [0.25, 0.3) is 5.91 Å².